The van der Waals surface area contributed by atoms with E-state index >= 15 is 0 Å². The molecule has 0 amide bonds. The Kier molecular flexibility index (Phi) is 3.93. The smallest absolute Gasteiger partial charge is 0.315 e. The molecule has 0 unspecified atom stereocenters. The predicted molar refractivity (Wildman–Crippen MR) is 64.6 cm³/mol. The second-order valence-electron chi connectivity index (χ2n) is 5.60. The molecule has 102 valence electrons. The van der Waals surface area contributed by atoms with Gasteiger partial charge in [-0.1, -0.05) is 33.8 Å². The van der Waals surface area contributed by atoms with Gasteiger partial charge in [0.15, 0.2) is 0 Å². The zero-order valence-corrected chi connectivity index (χ0v) is 11.0. The van der Waals surface area contributed by atoms with E-state index in [0.717, 1.165) is 17.1 Å². The lowest BCUT2D eigenvalue weighted by atomic mass is 9.88. The fraction of sp³-hybridized carbons (Fsp3) is 0.615. The van der Waals surface area contributed by atoms with Crippen LogP contribution in [0.2, 0.25) is 0 Å². The maximum atomic E-state index is 12.5. The number of alkyl halides is 3. The SMILES string of the molecule is C[C@@H](Cn1cc(C(C)(C)C)ccc1=O)C(F)(F)F. The molecule has 0 aromatic carbocycles. The van der Waals surface area contributed by atoms with E-state index < -0.39 is 17.7 Å². The lowest BCUT2D eigenvalue weighted by molar-refractivity contribution is -0.173. The quantitative estimate of drug-likeness (QED) is 0.800. The van der Waals surface area contributed by atoms with Crippen molar-refractivity contribution >= 4 is 0 Å². The standard InChI is InChI=1S/C13H18F3NO/c1-9(13(14,15)16)7-17-8-10(12(2,3)4)5-6-11(17)18/h5-6,8-9H,7H2,1-4H3/t9-/m0/s1. The van der Waals surface area contributed by atoms with E-state index in [4.69, 9.17) is 0 Å². The fourth-order valence-corrected chi connectivity index (χ4v) is 1.52. The minimum atomic E-state index is -4.28. The van der Waals surface area contributed by atoms with E-state index in [1.54, 1.807) is 6.07 Å². The van der Waals surface area contributed by atoms with Crippen LogP contribution in [0.3, 0.4) is 0 Å². The molecule has 0 N–H and O–H groups in total. The van der Waals surface area contributed by atoms with Gasteiger partial charge in [-0.15, -0.1) is 0 Å². The third-order valence-corrected chi connectivity index (χ3v) is 2.88. The molecule has 0 saturated heterocycles. The van der Waals surface area contributed by atoms with Gasteiger partial charge in [-0.2, -0.15) is 13.2 Å². The Hall–Kier alpha value is -1.26. The second-order valence-corrected chi connectivity index (χ2v) is 5.60. The molecular formula is C13H18F3NO. The molecule has 0 radical (unpaired) electrons. The van der Waals surface area contributed by atoms with Crippen LogP contribution < -0.4 is 5.56 Å². The average molecular weight is 261 g/mol. The van der Waals surface area contributed by atoms with Crippen molar-refractivity contribution in [3.63, 3.8) is 0 Å². The molecule has 18 heavy (non-hydrogen) atoms. The van der Waals surface area contributed by atoms with Crippen molar-refractivity contribution in [1.29, 1.82) is 0 Å². The van der Waals surface area contributed by atoms with Crippen LogP contribution in [0.4, 0.5) is 13.2 Å². The molecule has 0 aliphatic heterocycles. The molecule has 0 saturated carbocycles. The molecule has 1 heterocycles. The van der Waals surface area contributed by atoms with Crippen molar-refractivity contribution < 1.29 is 13.2 Å². The molecule has 2 nitrogen and oxygen atoms in total. The number of nitrogens with zero attached hydrogens (tertiary/aromatic N) is 1. The van der Waals surface area contributed by atoms with Crippen LogP contribution in [0.25, 0.3) is 0 Å². The van der Waals surface area contributed by atoms with Gasteiger partial charge in [0, 0.05) is 18.8 Å². The minimum absolute atomic E-state index is 0.197. The molecule has 1 rings (SSSR count). The summed E-state index contributed by atoms with van der Waals surface area (Å²) in [6.07, 6.45) is -2.76. The van der Waals surface area contributed by atoms with Crippen LogP contribution >= 0.6 is 0 Å². The molecule has 1 aromatic rings. The van der Waals surface area contributed by atoms with E-state index in [0.29, 0.717) is 0 Å². The molecule has 0 fully saturated rings. The summed E-state index contributed by atoms with van der Waals surface area (Å²) in [5, 5.41) is 0. The lowest BCUT2D eigenvalue weighted by Gasteiger charge is -2.22. The summed E-state index contributed by atoms with van der Waals surface area (Å²) in [5.41, 5.74) is 0.243. The van der Waals surface area contributed by atoms with Gasteiger partial charge in [0.25, 0.3) is 5.56 Å². The van der Waals surface area contributed by atoms with Crippen molar-refractivity contribution in [2.75, 3.05) is 0 Å². The number of halogens is 3. The fourth-order valence-electron chi connectivity index (χ4n) is 1.52. The molecule has 5 heteroatoms. The lowest BCUT2D eigenvalue weighted by Crippen LogP contribution is -2.30. The first-order chi connectivity index (χ1) is 8.01. The normalized spacial score (nSPS) is 14.6. The molecule has 1 atom stereocenters. The number of rotatable bonds is 2. The predicted octanol–water partition coefficient (Wildman–Crippen LogP) is 3.34. The summed E-state index contributed by atoms with van der Waals surface area (Å²) in [4.78, 5) is 11.6. The van der Waals surface area contributed by atoms with E-state index in [1.165, 1.54) is 12.3 Å². The molecule has 0 aliphatic rings. The second kappa shape index (κ2) is 4.78. The Bertz CT molecular complexity index is 468. The largest absolute Gasteiger partial charge is 0.393 e. The Balaban J connectivity index is 3.07. The number of hydrogen-bond donors (Lipinski definition) is 0. The van der Waals surface area contributed by atoms with E-state index in [2.05, 4.69) is 0 Å². The highest BCUT2D eigenvalue weighted by molar-refractivity contribution is 5.19. The third kappa shape index (κ3) is 3.62. The first kappa shape index (κ1) is 14.8. The number of hydrogen-bond acceptors (Lipinski definition) is 1. The number of aromatic nitrogens is 1. The zero-order chi connectivity index (χ0) is 14.1. The van der Waals surface area contributed by atoms with Crippen molar-refractivity contribution in [1.82, 2.24) is 4.57 Å². The first-order valence-corrected chi connectivity index (χ1v) is 5.79. The van der Waals surface area contributed by atoms with Gasteiger partial charge in [-0.05, 0) is 11.0 Å². The van der Waals surface area contributed by atoms with Crippen molar-refractivity contribution in [3.8, 4) is 0 Å². The molecule has 1 aromatic heterocycles. The zero-order valence-electron chi connectivity index (χ0n) is 11.0. The highest BCUT2D eigenvalue weighted by atomic mass is 19.4. The topological polar surface area (TPSA) is 22.0 Å². The van der Waals surface area contributed by atoms with Crippen molar-refractivity contribution in [2.45, 2.75) is 45.8 Å². The summed E-state index contributed by atoms with van der Waals surface area (Å²) in [7, 11) is 0. The Morgan fingerprint density at radius 2 is 1.78 bits per heavy atom. The number of pyridine rings is 1. The van der Waals surface area contributed by atoms with Gasteiger partial charge in [-0.25, -0.2) is 0 Å². The summed E-state index contributed by atoms with van der Waals surface area (Å²) in [6.45, 7) is 6.58. The van der Waals surface area contributed by atoms with Crippen molar-refractivity contribution in [3.05, 3.63) is 34.2 Å². The van der Waals surface area contributed by atoms with Gasteiger partial charge in [0.1, 0.15) is 0 Å². The monoisotopic (exact) mass is 261 g/mol. The van der Waals surface area contributed by atoms with Crippen LogP contribution in [-0.4, -0.2) is 10.7 Å². The van der Waals surface area contributed by atoms with Gasteiger partial charge >= 0.3 is 6.18 Å². The maximum Gasteiger partial charge on any atom is 0.393 e. The van der Waals surface area contributed by atoms with Crippen LogP contribution in [0.5, 0.6) is 0 Å². The van der Waals surface area contributed by atoms with E-state index in [1.807, 2.05) is 20.8 Å². The van der Waals surface area contributed by atoms with Gasteiger partial charge in [-0.3, -0.25) is 4.79 Å². The first-order valence-electron chi connectivity index (χ1n) is 5.79. The third-order valence-electron chi connectivity index (χ3n) is 2.88. The van der Waals surface area contributed by atoms with Crippen LogP contribution in [0.1, 0.15) is 33.3 Å². The Morgan fingerprint density at radius 1 is 1.22 bits per heavy atom. The summed E-state index contributed by atoms with van der Waals surface area (Å²) >= 11 is 0. The van der Waals surface area contributed by atoms with Crippen LogP contribution in [0, 0.1) is 5.92 Å². The summed E-state index contributed by atoms with van der Waals surface area (Å²) in [5.74, 6) is -1.54. The Morgan fingerprint density at radius 3 is 2.22 bits per heavy atom. The van der Waals surface area contributed by atoms with E-state index in [-0.39, 0.29) is 12.0 Å². The summed E-state index contributed by atoms with van der Waals surface area (Å²) in [6, 6.07) is 2.99. The molecular weight excluding hydrogens is 243 g/mol. The summed E-state index contributed by atoms with van der Waals surface area (Å²) < 4.78 is 38.6. The van der Waals surface area contributed by atoms with Gasteiger partial charge < -0.3 is 4.57 Å². The maximum absolute atomic E-state index is 12.5. The van der Waals surface area contributed by atoms with Gasteiger partial charge in [0.05, 0.1) is 5.92 Å². The van der Waals surface area contributed by atoms with E-state index in [9.17, 15) is 18.0 Å². The minimum Gasteiger partial charge on any atom is -0.315 e. The highest BCUT2D eigenvalue weighted by Gasteiger charge is 2.36. The highest BCUT2D eigenvalue weighted by Crippen LogP contribution is 2.27. The molecule has 0 aliphatic carbocycles. The van der Waals surface area contributed by atoms with Crippen molar-refractivity contribution in [2.24, 2.45) is 5.92 Å². The Labute approximate surface area is 104 Å². The molecule has 0 bridgehead atoms. The van der Waals surface area contributed by atoms with Gasteiger partial charge in [0.2, 0.25) is 0 Å². The van der Waals surface area contributed by atoms with Crippen LogP contribution in [0.15, 0.2) is 23.1 Å². The van der Waals surface area contributed by atoms with Crippen LogP contribution in [-0.2, 0) is 12.0 Å². The molecule has 0 spiro atoms. The average Bonchev–Trinajstić information content (AvgIpc) is 2.18.